The molecule has 0 fully saturated rings. The van der Waals surface area contributed by atoms with Crippen molar-refractivity contribution >= 4 is 38.5 Å². The minimum Gasteiger partial charge on any atom is -0.372 e. The van der Waals surface area contributed by atoms with Crippen LogP contribution in [0.5, 0.6) is 0 Å². The zero-order valence-electron chi connectivity index (χ0n) is 11.8. The summed E-state index contributed by atoms with van der Waals surface area (Å²) in [5.41, 5.74) is 5.21. The Balaban J connectivity index is 2.03. The Hall–Kier alpha value is -0.430. The van der Waals surface area contributed by atoms with E-state index in [0.717, 1.165) is 24.2 Å². The predicted molar refractivity (Wildman–Crippen MR) is 97.3 cm³/mol. The highest BCUT2D eigenvalue weighted by molar-refractivity contribution is 14.1. The van der Waals surface area contributed by atoms with Gasteiger partial charge >= 0.3 is 0 Å². The molecule has 110 valence electrons. The highest BCUT2D eigenvalue weighted by Gasteiger charge is 2.19. The largest absolute Gasteiger partial charge is 0.372 e. The van der Waals surface area contributed by atoms with E-state index in [4.69, 9.17) is 4.74 Å². The summed E-state index contributed by atoms with van der Waals surface area (Å²) in [7, 11) is 0. The van der Waals surface area contributed by atoms with Crippen LogP contribution in [0.1, 0.15) is 35.2 Å². The quantitative estimate of drug-likeness (QED) is 0.667. The second kappa shape index (κ2) is 6.77. The number of halogens is 2. The molecule has 1 atom stereocenters. The first-order valence-electron chi connectivity index (χ1n) is 7.07. The molecule has 3 rings (SSSR count). The van der Waals surface area contributed by atoms with Gasteiger partial charge in [-0.25, -0.2) is 0 Å². The Kier molecular flexibility index (Phi) is 4.99. The van der Waals surface area contributed by atoms with Crippen LogP contribution in [0.4, 0.5) is 0 Å². The summed E-state index contributed by atoms with van der Waals surface area (Å²) in [6.07, 6.45) is 0. The second-order valence-electron chi connectivity index (χ2n) is 5.18. The first-order chi connectivity index (χ1) is 10.2. The SMILES string of the molecule is CCNC(c1ccc2c(c1)COC2)c1cc(I)ccc1Br. The lowest BCUT2D eigenvalue weighted by Crippen LogP contribution is -2.22. The van der Waals surface area contributed by atoms with Crippen LogP contribution in [0, 0.1) is 3.57 Å². The lowest BCUT2D eigenvalue weighted by atomic mass is 9.95. The molecule has 1 N–H and O–H groups in total. The van der Waals surface area contributed by atoms with Gasteiger partial charge in [-0.05, 0) is 69.6 Å². The molecule has 0 aromatic heterocycles. The zero-order valence-corrected chi connectivity index (χ0v) is 15.6. The number of benzene rings is 2. The third-order valence-corrected chi connectivity index (χ3v) is 5.15. The molecule has 0 aliphatic carbocycles. The molecule has 0 saturated carbocycles. The minimum absolute atomic E-state index is 0.199. The first-order valence-corrected chi connectivity index (χ1v) is 8.94. The Morgan fingerprint density at radius 1 is 1.19 bits per heavy atom. The number of fused-ring (bicyclic) bond motifs is 1. The van der Waals surface area contributed by atoms with Crippen molar-refractivity contribution in [3.05, 3.63) is 66.7 Å². The van der Waals surface area contributed by atoms with Gasteiger partial charge in [0.15, 0.2) is 0 Å². The fourth-order valence-corrected chi connectivity index (χ4v) is 3.71. The van der Waals surface area contributed by atoms with Crippen LogP contribution in [0.2, 0.25) is 0 Å². The summed E-state index contributed by atoms with van der Waals surface area (Å²) >= 11 is 6.06. The molecule has 4 heteroatoms. The molecule has 0 bridgehead atoms. The molecule has 21 heavy (non-hydrogen) atoms. The van der Waals surface area contributed by atoms with Gasteiger partial charge in [0, 0.05) is 8.04 Å². The molecule has 1 aliphatic heterocycles. The Labute approximate surface area is 147 Å². The summed E-state index contributed by atoms with van der Waals surface area (Å²) in [6, 6.07) is 13.4. The summed E-state index contributed by atoms with van der Waals surface area (Å²) in [5, 5.41) is 3.60. The zero-order chi connectivity index (χ0) is 14.8. The Bertz CT molecular complexity index is 659. The van der Waals surface area contributed by atoms with Crippen molar-refractivity contribution in [2.75, 3.05) is 6.54 Å². The summed E-state index contributed by atoms with van der Waals surface area (Å²) in [5.74, 6) is 0. The van der Waals surface area contributed by atoms with Gasteiger partial charge in [0.25, 0.3) is 0 Å². The Morgan fingerprint density at radius 2 is 2.00 bits per heavy atom. The van der Waals surface area contributed by atoms with Crippen molar-refractivity contribution < 1.29 is 4.74 Å². The topological polar surface area (TPSA) is 21.3 Å². The van der Waals surface area contributed by atoms with E-state index in [9.17, 15) is 0 Å². The average molecular weight is 458 g/mol. The van der Waals surface area contributed by atoms with Crippen LogP contribution < -0.4 is 5.32 Å². The van der Waals surface area contributed by atoms with Crippen LogP contribution in [0.15, 0.2) is 40.9 Å². The highest BCUT2D eigenvalue weighted by atomic mass is 127. The smallest absolute Gasteiger partial charge is 0.0725 e. The van der Waals surface area contributed by atoms with Crippen molar-refractivity contribution in [2.24, 2.45) is 0 Å². The maximum absolute atomic E-state index is 5.53. The molecular formula is C17H17BrINO. The second-order valence-corrected chi connectivity index (χ2v) is 7.28. The maximum atomic E-state index is 5.53. The highest BCUT2D eigenvalue weighted by Crippen LogP contribution is 2.32. The predicted octanol–water partition coefficient (Wildman–Crippen LogP) is 4.78. The standard InChI is InChI=1S/C17H17BrINO/c1-2-20-17(15-8-14(19)5-6-16(15)18)11-3-4-12-9-21-10-13(12)7-11/h3-8,17,20H,2,9-10H2,1H3. The normalized spacial score (nSPS) is 15.0. The minimum atomic E-state index is 0.199. The molecule has 2 aromatic carbocycles. The Morgan fingerprint density at radius 3 is 2.81 bits per heavy atom. The molecule has 0 radical (unpaired) electrons. The van der Waals surface area contributed by atoms with Gasteiger partial charge in [-0.2, -0.15) is 0 Å². The number of hydrogen-bond acceptors (Lipinski definition) is 2. The maximum Gasteiger partial charge on any atom is 0.0725 e. The van der Waals surface area contributed by atoms with E-state index in [1.807, 2.05) is 0 Å². The van der Waals surface area contributed by atoms with Crippen LogP contribution in [0.25, 0.3) is 0 Å². The summed E-state index contributed by atoms with van der Waals surface area (Å²) < 4.78 is 7.92. The summed E-state index contributed by atoms with van der Waals surface area (Å²) in [4.78, 5) is 0. The third-order valence-electron chi connectivity index (χ3n) is 3.76. The molecule has 1 unspecified atom stereocenters. The van der Waals surface area contributed by atoms with E-state index in [0.29, 0.717) is 0 Å². The summed E-state index contributed by atoms with van der Waals surface area (Å²) in [6.45, 7) is 4.55. The van der Waals surface area contributed by atoms with Gasteiger partial charge in [-0.1, -0.05) is 41.1 Å². The van der Waals surface area contributed by atoms with Gasteiger partial charge < -0.3 is 10.1 Å². The third kappa shape index (κ3) is 3.33. The molecule has 0 amide bonds. The monoisotopic (exact) mass is 457 g/mol. The number of hydrogen-bond donors (Lipinski definition) is 1. The molecular weight excluding hydrogens is 441 g/mol. The van der Waals surface area contributed by atoms with Crippen LogP contribution in [0.3, 0.4) is 0 Å². The molecule has 2 nitrogen and oxygen atoms in total. The van der Waals surface area contributed by atoms with Crippen LogP contribution >= 0.6 is 38.5 Å². The van der Waals surface area contributed by atoms with Gasteiger partial charge in [0.2, 0.25) is 0 Å². The molecule has 0 spiro atoms. The number of rotatable bonds is 4. The van der Waals surface area contributed by atoms with Crippen molar-refractivity contribution in [3.8, 4) is 0 Å². The van der Waals surface area contributed by atoms with E-state index in [-0.39, 0.29) is 6.04 Å². The molecule has 1 aliphatic rings. The number of nitrogens with one attached hydrogen (secondary N) is 1. The fourth-order valence-electron chi connectivity index (χ4n) is 2.72. The lowest BCUT2D eigenvalue weighted by molar-refractivity contribution is 0.134. The molecule has 2 aromatic rings. The van der Waals surface area contributed by atoms with E-state index in [1.54, 1.807) is 0 Å². The van der Waals surface area contributed by atoms with Gasteiger partial charge in [-0.3, -0.25) is 0 Å². The van der Waals surface area contributed by atoms with Gasteiger partial charge in [0.05, 0.1) is 19.3 Å². The van der Waals surface area contributed by atoms with Gasteiger partial charge in [-0.15, -0.1) is 0 Å². The lowest BCUT2D eigenvalue weighted by Gasteiger charge is -2.21. The van der Waals surface area contributed by atoms with E-state index in [1.165, 1.54) is 25.8 Å². The van der Waals surface area contributed by atoms with E-state index in [2.05, 4.69) is 87.2 Å². The molecule has 1 heterocycles. The van der Waals surface area contributed by atoms with Gasteiger partial charge in [0.1, 0.15) is 0 Å². The number of ether oxygens (including phenoxy) is 1. The van der Waals surface area contributed by atoms with Crippen molar-refractivity contribution in [1.29, 1.82) is 0 Å². The van der Waals surface area contributed by atoms with Crippen molar-refractivity contribution in [3.63, 3.8) is 0 Å². The van der Waals surface area contributed by atoms with E-state index < -0.39 is 0 Å². The van der Waals surface area contributed by atoms with Crippen molar-refractivity contribution in [1.82, 2.24) is 5.32 Å². The van der Waals surface area contributed by atoms with Crippen LogP contribution in [-0.4, -0.2) is 6.54 Å². The average Bonchev–Trinajstić information content (AvgIpc) is 2.95. The fraction of sp³-hybridized carbons (Fsp3) is 0.294. The first kappa shape index (κ1) is 15.5. The molecule has 0 saturated heterocycles. The van der Waals surface area contributed by atoms with Crippen molar-refractivity contribution in [2.45, 2.75) is 26.2 Å². The van der Waals surface area contributed by atoms with E-state index >= 15 is 0 Å². The van der Waals surface area contributed by atoms with Crippen LogP contribution in [-0.2, 0) is 18.0 Å².